The number of nitrogens with zero attached hydrogens (tertiary/aromatic N) is 2. The van der Waals surface area contributed by atoms with Crippen LogP contribution in [0.3, 0.4) is 0 Å². The van der Waals surface area contributed by atoms with E-state index in [1.165, 1.54) is 12.1 Å². The summed E-state index contributed by atoms with van der Waals surface area (Å²) < 4.78 is 15.4. The van der Waals surface area contributed by atoms with Gasteiger partial charge >= 0.3 is 0 Å². The molecule has 0 amide bonds. The minimum atomic E-state index is -0.483. The Morgan fingerprint density at radius 2 is 1.81 bits per heavy atom. The number of benzene rings is 2. The van der Waals surface area contributed by atoms with Crippen molar-refractivity contribution in [3.8, 4) is 17.1 Å². The minimum absolute atomic E-state index is 0.0256. The summed E-state index contributed by atoms with van der Waals surface area (Å²) in [5, 5.41) is 7.59. The van der Waals surface area contributed by atoms with Crippen molar-refractivity contribution in [2.45, 2.75) is 0 Å². The third-order valence-electron chi connectivity index (χ3n) is 2.94. The van der Waals surface area contributed by atoms with Gasteiger partial charge in [0.2, 0.25) is 0 Å². The Balaban J connectivity index is 2.19. The standard InChI is InChI=1S/C14H8Cl2FN3S/c15-9-3-1-8(2-4-9)13-18-19-14(21)20(13)10-5-6-12(17)11(16)7-10/h1-7H,(H,19,21). The second kappa shape index (κ2) is 5.60. The van der Waals surface area contributed by atoms with Gasteiger partial charge in [0.25, 0.3) is 0 Å². The van der Waals surface area contributed by atoms with Crippen LogP contribution in [0.5, 0.6) is 0 Å². The molecule has 3 nitrogen and oxygen atoms in total. The number of H-pyrrole nitrogens is 1. The van der Waals surface area contributed by atoms with Gasteiger partial charge in [0.1, 0.15) is 5.82 Å². The number of halogens is 3. The van der Waals surface area contributed by atoms with Crippen molar-refractivity contribution in [3.63, 3.8) is 0 Å². The summed E-state index contributed by atoms with van der Waals surface area (Å²) in [6, 6.07) is 11.6. The summed E-state index contributed by atoms with van der Waals surface area (Å²) >= 11 is 17.0. The Bertz CT molecular complexity index is 855. The lowest BCUT2D eigenvalue weighted by Gasteiger charge is -2.08. The lowest BCUT2D eigenvalue weighted by Crippen LogP contribution is -1.98. The highest BCUT2D eigenvalue weighted by Gasteiger charge is 2.12. The maximum Gasteiger partial charge on any atom is 0.200 e. The normalized spacial score (nSPS) is 10.8. The van der Waals surface area contributed by atoms with Crippen molar-refractivity contribution < 1.29 is 4.39 Å². The van der Waals surface area contributed by atoms with Crippen LogP contribution < -0.4 is 0 Å². The number of aromatic nitrogens is 3. The molecule has 21 heavy (non-hydrogen) atoms. The van der Waals surface area contributed by atoms with Crippen LogP contribution in [0.15, 0.2) is 42.5 Å². The molecule has 0 saturated carbocycles. The van der Waals surface area contributed by atoms with Gasteiger partial charge in [0.15, 0.2) is 10.6 Å². The fraction of sp³-hybridized carbons (Fsp3) is 0. The van der Waals surface area contributed by atoms with Crippen molar-refractivity contribution in [1.82, 2.24) is 14.8 Å². The van der Waals surface area contributed by atoms with E-state index in [4.69, 9.17) is 35.4 Å². The largest absolute Gasteiger partial charge is 0.268 e. The SMILES string of the molecule is Fc1ccc(-n2c(-c3ccc(Cl)cc3)n[nH]c2=S)cc1Cl. The molecule has 0 aliphatic heterocycles. The molecule has 0 unspecified atom stereocenters. The fourth-order valence-electron chi connectivity index (χ4n) is 1.95. The maximum absolute atomic E-state index is 13.3. The Hall–Kier alpha value is -1.69. The minimum Gasteiger partial charge on any atom is -0.268 e. The van der Waals surface area contributed by atoms with Gasteiger partial charge in [-0.15, -0.1) is 0 Å². The molecule has 0 aliphatic rings. The number of hydrogen-bond donors (Lipinski definition) is 1. The highest BCUT2D eigenvalue weighted by atomic mass is 35.5. The molecule has 3 rings (SSSR count). The second-order valence-corrected chi connectivity index (χ2v) is 5.52. The molecular weight excluding hydrogens is 332 g/mol. The summed E-state index contributed by atoms with van der Waals surface area (Å²) in [7, 11) is 0. The Morgan fingerprint density at radius 1 is 1.10 bits per heavy atom. The molecule has 106 valence electrons. The van der Waals surface area contributed by atoms with Crippen molar-refractivity contribution in [3.05, 3.63) is 63.1 Å². The van der Waals surface area contributed by atoms with Crippen LogP contribution in [0.4, 0.5) is 4.39 Å². The summed E-state index contributed by atoms with van der Waals surface area (Å²) in [4.78, 5) is 0. The molecule has 7 heteroatoms. The number of hydrogen-bond acceptors (Lipinski definition) is 2. The van der Waals surface area contributed by atoms with Gasteiger partial charge in [-0.05, 0) is 54.7 Å². The predicted octanol–water partition coefficient (Wildman–Crippen LogP) is 5.04. The average Bonchev–Trinajstić information content (AvgIpc) is 2.85. The Morgan fingerprint density at radius 3 is 2.48 bits per heavy atom. The van der Waals surface area contributed by atoms with Gasteiger partial charge in [-0.3, -0.25) is 9.67 Å². The van der Waals surface area contributed by atoms with Gasteiger partial charge in [0, 0.05) is 10.6 Å². The molecule has 0 bridgehead atoms. The molecule has 0 saturated heterocycles. The van der Waals surface area contributed by atoms with Crippen LogP contribution in [-0.4, -0.2) is 14.8 Å². The molecule has 0 fully saturated rings. The van der Waals surface area contributed by atoms with E-state index in [0.717, 1.165) is 5.56 Å². The van der Waals surface area contributed by atoms with Gasteiger partial charge < -0.3 is 0 Å². The van der Waals surface area contributed by atoms with E-state index in [0.29, 0.717) is 21.3 Å². The molecule has 3 aromatic rings. The molecular formula is C14H8Cl2FN3S. The monoisotopic (exact) mass is 339 g/mol. The predicted molar refractivity (Wildman–Crippen MR) is 84.2 cm³/mol. The fourth-order valence-corrected chi connectivity index (χ4v) is 2.49. The zero-order chi connectivity index (χ0) is 15.0. The summed E-state index contributed by atoms with van der Waals surface area (Å²) in [5.74, 6) is 0.114. The first-order chi connectivity index (χ1) is 10.1. The van der Waals surface area contributed by atoms with Gasteiger partial charge in [0.05, 0.1) is 10.7 Å². The number of aromatic amines is 1. The first-order valence-electron chi connectivity index (χ1n) is 5.95. The quantitative estimate of drug-likeness (QED) is 0.663. The van der Waals surface area contributed by atoms with Crippen molar-refractivity contribution >= 4 is 35.4 Å². The molecule has 0 aliphatic carbocycles. The summed E-state index contributed by atoms with van der Waals surface area (Å²) in [5.41, 5.74) is 1.46. The van der Waals surface area contributed by atoms with Crippen LogP contribution in [0, 0.1) is 10.6 Å². The van der Waals surface area contributed by atoms with Crippen molar-refractivity contribution in [2.75, 3.05) is 0 Å². The third kappa shape index (κ3) is 2.72. The second-order valence-electron chi connectivity index (χ2n) is 4.29. The average molecular weight is 340 g/mol. The first kappa shape index (κ1) is 14.3. The van der Waals surface area contributed by atoms with Crippen LogP contribution >= 0.6 is 35.4 Å². The number of nitrogens with one attached hydrogen (secondary N) is 1. The van der Waals surface area contributed by atoms with E-state index in [-0.39, 0.29) is 5.02 Å². The Kier molecular flexibility index (Phi) is 3.80. The molecule has 0 radical (unpaired) electrons. The summed E-state index contributed by atoms with van der Waals surface area (Å²) in [6.45, 7) is 0. The van der Waals surface area contributed by atoms with E-state index >= 15 is 0 Å². The molecule has 1 heterocycles. The Labute approximate surface area is 135 Å². The zero-order valence-electron chi connectivity index (χ0n) is 10.5. The molecule has 1 N–H and O–H groups in total. The van der Waals surface area contributed by atoms with Crippen LogP contribution in [0.25, 0.3) is 17.1 Å². The number of rotatable bonds is 2. The van der Waals surface area contributed by atoms with E-state index < -0.39 is 5.82 Å². The van der Waals surface area contributed by atoms with E-state index in [1.807, 2.05) is 12.1 Å². The highest BCUT2D eigenvalue weighted by Crippen LogP contribution is 2.25. The van der Waals surface area contributed by atoms with Crippen LogP contribution in [0.2, 0.25) is 10.0 Å². The molecule has 0 spiro atoms. The van der Waals surface area contributed by atoms with Gasteiger partial charge in [-0.25, -0.2) is 4.39 Å². The lowest BCUT2D eigenvalue weighted by molar-refractivity contribution is 0.628. The molecule has 0 atom stereocenters. The highest BCUT2D eigenvalue weighted by molar-refractivity contribution is 7.71. The molecule has 2 aromatic carbocycles. The van der Waals surface area contributed by atoms with Crippen molar-refractivity contribution in [2.24, 2.45) is 0 Å². The van der Waals surface area contributed by atoms with E-state index in [9.17, 15) is 4.39 Å². The topological polar surface area (TPSA) is 33.6 Å². The lowest BCUT2D eigenvalue weighted by atomic mass is 10.2. The van der Waals surface area contributed by atoms with E-state index in [2.05, 4.69) is 10.2 Å². The smallest absolute Gasteiger partial charge is 0.200 e. The zero-order valence-corrected chi connectivity index (χ0v) is 12.8. The van der Waals surface area contributed by atoms with Crippen LogP contribution in [0.1, 0.15) is 0 Å². The molecule has 1 aromatic heterocycles. The van der Waals surface area contributed by atoms with E-state index in [1.54, 1.807) is 22.8 Å². The first-order valence-corrected chi connectivity index (χ1v) is 7.11. The third-order valence-corrected chi connectivity index (χ3v) is 3.75. The van der Waals surface area contributed by atoms with Gasteiger partial charge in [-0.1, -0.05) is 23.2 Å². The van der Waals surface area contributed by atoms with Gasteiger partial charge in [-0.2, -0.15) is 5.10 Å². The van der Waals surface area contributed by atoms with Crippen molar-refractivity contribution in [1.29, 1.82) is 0 Å². The van der Waals surface area contributed by atoms with Crippen LogP contribution in [-0.2, 0) is 0 Å². The summed E-state index contributed by atoms with van der Waals surface area (Å²) in [6.07, 6.45) is 0. The maximum atomic E-state index is 13.3.